The maximum Gasteiger partial charge on any atom is 0.298 e. The smallest absolute Gasteiger partial charge is 0.298 e. The predicted octanol–water partition coefficient (Wildman–Crippen LogP) is 2.84. The lowest BCUT2D eigenvalue weighted by molar-refractivity contribution is 0.261. The lowest BCUT2D eigenvalue weighted by Gasteiger charge is -2.34. The largest absolute Gasteiger partial charge is 0.490 e. The van der Waals surface area contributed by atoms with Crippen LogP contribution >= 0.6 is 15.9 Å². The van der Waals surface area contributed by atoms with E-state index >= 15 is 0 Å². The molecule has 0 bridgehead atoms. The van der Waals surface area contributed by atoms with Crippen LogP contribution < -0.4 is 15.0 Å². The number of fused-ring (bicyclic) bond motifs is 1. The van der Waals surface area contributed by atoms with Crippen molar-refractivity contribution in [2.45, 2.75) is 6.04 Å². The fourth-order valence-electron chi connectivity index (χ4n) is 2.80. The second kappa shape index (κ2) is 6.78. The summed E-state index contributed by atoms with van der Waals surface area (Å²) in [6, 6.07) is 10.4. The first-order valence-corrected chi connectivity index (χ1v) is 8.65. The monoisotopic (exact) mass is 388 g/mol. The minimum Gasteiger partial charge on any atom is -0.490 e. The highest BCUT2D eigenvalue weighted by molar-refractivity contribution is 9.10. The first kappa shape index (κ1) is 15.4. The first-order valence-electron chi connectivity index (χ1n) is 7.86. The van der Waals surface area contributed by atoms with E-state index in [9.17, 15) is 0 Å². The van der Waals surface area contributed by atoms with Gasteiger partial charge in [0.2, 0.25) is 0 Å². The van der Waals surface area contributed by atoms with Crippen molar-refractivity contribution in [1.29, 1.82) is 0 Å². The highest BCUT2D eigenvalue weighted by Crippen LogP contribution is 2.26. The lowest BCUT2D eigenvalue weighted by atomic mass is 10.2. The van der Waals surface area contributed by atoms with Crippen molar-refractivity contribution >= 4 is 33.0 Å². The number of nitrogens with one attached hydrogen (secondary N) is 1. The van der Waals surface area contributed by atoms with Crippen molar-refractivity contribution in [3.63, 3.8) is 0 Å². The van der Waals surface area contributed by atoms with Crippen molar-refractivity contribution in [2.75, 3.05) is 31.1 Å². The maximum atomic E-state index is 5.94. The van der Waals surface area contributed by atoms with Gasteiger partial charge in [-0.3, -0.25) is 4.98 Å². The summed E-state index contributed by atoms with van der Waals surface area (Å²) in [5.41, 5.74) is 1.64. The molecular formula is C17H17BrN4O2. The second-order valence-corrected chi connectivity index (χ2v) is 6.58. The molecule has 124 valence electrons. The van der Waals surface area contributed by atoms with Gasteiger partial charge in [0.15, 0.2) is 5.58 Å². The summed E-state index contributed by atoms with van der Waals surface area (Å²) in [6.45, 7) is 3.09. The van der Waals surface area contributed by atoms with Crippen LogP contribution in [0.5, 0.6) is 5.75 Å². The summed E-state index contributed by atoms with van der Waals surface area (Å²) in [5, 5.41) is 3.40. The number of piperazine rings is 1. The molecule has 4 rings (SSSR count). The molecule has 1 aliphatic rings. The molecular weight excluding hydrogens is 372 g/mol. The molecule has 1 saturated heterocycles. The number of rotatable bonds is 4. The number of anilines is 1. The van der Waals surface area contributed by atoms with Crippen molar-refractivity contribution in [3.05, 3.63) is 47.2 Å². The van der Waals surface area contributed by atoms with Crippen LogP contribution in [0.4, 0.5) is 6.01 Å². The van der Waals surface area contributed by atoms with E-state index in [-0.39, 0.29) is 6.04 Å². The zero-order chi connectivity index (χ0) is 16.4. The third kappa shape index (κ3) is 3.22. The normalized spacial score (nSPS) is 18.0. The zero-order valence-corrected chi connectivity index (χ0v) is 14.6. The number of pyridine rings is 1. The van der Waals surface area contributed by atoms with Gasteiger partial charge in [0.1, 0.15) is 17.9 Å². The Kier molecular flexibility index (Phi) is 4.36. The predicted molar refractivity (Wildman–Crippen MR) is 95.4 cm³/mol. The molecule has 0 spiro atoms. The van der Waals surface area contributed by atoms with Crippen LogP contribution in [0.15, 0.2) is 51.6 Å². The van der Waals surface area contributed by atoms with Crippen LogP contribution in [0, 0.1) is 0 Å². The number of halogens is 1. The standard InChI is InChI=1S/C17H17BrN4O2/c18-12-3-4-16-15(8-12)21-17(24-16)22-7-6-20-9-13(22)11-23-14-2-1-5-19-10-14/h1-5,8,10,13,20H,6-7,9,11H2/t13-/m0/s1. The van der Waals surface area contributed by atoms with Crippen LogP contribution in [0.25, 0.3) is 11.1 Å². The molecule has 24 heavy (non-hydrogen) atoms. The highest BCUT2D eigenvalue weighted by Gasteiger charge is 2.27. The second-order valence-electron chi connectivity index (χ2n) is 5.66. The molecule has 3 heterocycles. The van der Waals surface area contributed by atoms with E-state index < -0.39 is 0 Å². The zero-order valence-electron chi connectivity index (χ0n) is 13.0. The Morgan fingerprint density at radius 3 is 3.21 bits per heavy atom. The Morgan fingerprint density at radius 1 is 1.38 bits per heavy atom. The summed E-state index contributed by atoms with van der Waals surface area (Å²) in [5.74, 6) is 0.768. The Morgan fingerprint density at radius 2 is 2.33 bits per heavy atom. The van der Waals surface area contributed by atoms with Gasteiger partial charge in [-0.2, -0.15) is 4.98 Å². The maximum absolute atomic E-state index is 5.94. The summed E-state index contributed by atoms with van der Waals surface area (Å²) in [7, 11) is 0. The number of nitrogens with zero attached hydrogens (tertiary/aromatic N) is 3. The van der Waals surface area contributed by atoms with E-state index in [0.717, 1.165) is 41.0 Å². The summed E-state index contributed by atoms with van der Waals surface area (Å²) >= 11 is 3.47. The molecule has 0 radical (unpaired) electrons. The van der Waals surface area contributed by atoms with Gasteiger partial charge in [0.05, 0.1) is 12.2 Å². The summed E-state index contributed by atoms with van der Waals surface area (Å²) in [4.78, 5) is 10.9. The van der Waals surface area contributed by atoms with E-state index in [1.165, 1.54) is 0 Å². The highest BCUT2D eigenvalue weighted by atomic mass is 79.9. The van der Waals surface area contributed by atoms with Gasteiger partial charge in [-0.15, -0.1) is 0 Å². The van der Waals surface area contributed by atoms with Gasteiger partial charge in [-0.25, -0.2) is 0 Å². The van der Waals surface area contributed by atoms with Crippen LogP contribution in [0.3, 0.4) is 0 Å². The van der Waals surface area contributed by atoms with Gasteiger partial charge in [0.25, 0.3) is 6.01 Å². The Bertz CT molecular complexity index is 824. The van der Waals surface area contributed by atoms with E-state index in [4.69, 9.17) is 9.15 Å². The minimum atomic E-state index is 0.149. The van der Waals surface area contributed by atoms with E-state index in [1.807, 2.05) is 30.3 Å². The molecule has 0 unspecified atom stereocenters. The molecule has 1 aliphatic heterocycles. The Labute approximate surface area is 148 Å². The van der Waals surface area contributed by atoms with Crippen molar-refractivity contribution in [2.24, 2.45) is 0 Å². The molecule has 3 aromatic rings. The average molecular weight is 389 g/mol. The molecule has 0 saturated carbocycles. The number of oxazole rings is 1. The average Bonchev–Trinajstić information content (AvgIpc) is 3.04. The number of benzene rings is 1. The van der Waals surface area contributed by atoms with Gasteiger partial charge in [-0.05, 0) is 30.3 Å². The van der Waals surface area contributed by atoms with Crippen LogP contribution in [-0.2, 0) is 0 Å². The Hall–Kier alpha value is -2.12. The van der Waals surface area contributed by atoms with E-state index in [2.05, 4.69) is 36.1 Å². The fourth-order valence-corrected chi connectivity index (χ4v) is 3.15. The first-order chi connectivity index (χ1) is 11.8. The summed E-state index contributed by atoms with van der Waals surface area (Å²) < 4.78 is 12.8. The van der Waals surface area contributed by atoms with Gasteiger partial charge in [0, 0.05) is 30.3 Å². The van der Waals surface area contributed by atoms with Crippen LogP contribution in [-0.4, -0.2) is 42.3 Å². The number of hydrogen-bond donors (Lipinski definition) is 1. The minimum absolute atomic E-state index is 0.149. The molecule has 0 amide bonds. The van der Waals surface area contributed by atoms with Crippen molar-refractivity contribution in [1.82, 2.24) is 15.3 Å². The lowest BCUT2D eigenvalue weighted by Crippen LogP contribution is -2.54. The molecule has 1 atom stereocenters. The third-order valence-electron chi connectivity index (χ3n) is 4.01. The molecule has 2 aromatic heterocycles. The molecule has 1 aromatic carbocycles. The molecule has 1 N–H and O–H groups in total. The summed E-state index contributed by atoms with van der Waals surface area (Å²) in [6.07, 6.45) is 3.45. The van der Waals surface area contributed by atoms with Gasteiger partial charge < -0.3 is 19.4 Å². The number of ether oxygens (including phenoxy) is 1. The van der Waals surface area contributed by atoms with E-state index in [0.29, 0.717) is 12.6 Å². The third-order valence-corrected chi connectivity index (χ3v) is 4.50. The van der Waals surface area contributed by atoms with Crippen molar-refractivity contribution in [3.8, 4) is 5.75 Å². The van der Waals surface area contributed by atoms with Crippen LogP contribution in [0.1, 0.15) is 0 Å². The van der Waals surface area contributed by atoms with Crippen LogP contribution in [0.2, 0.25) is 0 Å². The fraction of sp³-hybridized carbons (Fsp3) is 0.294. The molecule has 1 fully saturated rings. The molecule has 6 nitrogen and oxygen atoms in total. The topological polar surface area (TPSA) is 63.4 Å². The quantitative estimate of drug-likeness (QED) is 0.741. The number of hydrogen-bond acceptors (Lipinski definition) is 6. The van der Waals surface area contributed by atoms with Gasteiger partial charge >= 0.3 is 0 Å². The molecule has 0 aliphatic carbocycles. The SMILES string of the molecule is Brc1ccc2oc(N3CCNC[C@H]3COc3cccnc3)nc2c1. The van der Waals surface area contributed by atoms with Gasteiger partial charge in [-0.1, -0.05) is 15.9 Å². The number of aromatic nitrogens is 2. The van der Waals surface area contributed by atoms with Crippen molar-refractivity contribution < 1.29 is 9.15 Å². The van der Waals surface area contributed by atoms with E-state index in [1.54, 1.807) is 12.4 Å². The molecule has 7 heteroatoms. The Balaban J connectivity index is 1.54.